The number of rotatable bonds is 2. The molecule has 1 aromatic heterocycles. The average Bonchev–Trinajstić information content (AvgIpc) is 2.72. The van der Waals surface area contributed by atoms with Crippen LogP contribution >= 0.6 is 11.5 Å². The molecule has 3 nitrogen and oxygen atoms in total. The van der Waals surface area contributed by atoms with Crippen molar-refractivity contribution in [2.45, 2.75) is 38.0 Å². The molecule has 1 fully saturated rings. The molecule has 1 saturated carbocycles. The van der Waals surface area contributed by atoms with E-state index in [2.05, 4.69) is 21.6 Å². The van der Waals surface area contributed by atoms with Gasteiger partial charge in [0.25, 0.3) is 0 Å². The van der Waals surface area contributed by atoms with E-state index in [-0.39, 0.29) is 5.41 Å². The maximum atomic E-state index is 4.48. The van der Waals surface area contributed by atoms with Gasteiger partial charge in [-0.1, -0.05) is 19.8 Å². The van der Waals surface area contributed by atoms with E-state index in [1.165, 1.54) is 37.2 Å². The fourth-order valence-corrected chi connectivity index (χ4v) is 2.60. The van der Waals surface area contributed by atoms with Crippen LogP contribution in [0.5, 0.6) is 0 Å². The minimum atomic E-state index is 0.256. The van der Waals surface area contributed by atoms with Crippen LogP contribution in [0, 0.1) is 0 Å². The Morgan fingerprint density at radius 1 is 1.38 bits per heavy atom. The van der Waals surface area contributed by atoms with Gasteiger partial charge >= 0.3 is 0 Å². The average molecular weight is 197 g/mol. The highest BCUT2D eigenvalue weighted by molar-refractivity contribution is 7.09. The lowest BCUT2D eigenvalue weighted by atomic mass is 9.88. The molecule has 1 aromatic rings. The van der Waals surface area contributed by atoms with Gasteiger partial charge in [-0.25, -0.2) is 4.98 Å². The van der Waals surface area contributed by atoms with Crippen molar-refractivity contribution >= 4 is 16.7 Å². The van der Waals surface area contributed by atoms with Crippen LogP contribution in [0.15, 0.2) is 0 Å². The Kier molecular flexibility index (Phi) is 2.24. The van der Waals surface area contributed by atoms with Crippen molar-refractivity contribution in [1.29, 1.82) is 0 Å². The van der Waals surface area contributed by atoms with Crippen LogP contribution < -0.4 is 5.32 Å². The van der Waals surface area contributed by atoms with Gasteiger partial charge in [-0.3, -0.25) is 0 Å². The van der Waals surface area contributed by atoms with Gasteiger partial charge in [-0.15, -0.1) is 0 Å². The standard InChI is InChI=1S/C9H15N3S/c1-9(5-3-4-6-9)7-11-8(10-2)13-12-7/h3-6H2,1-2H3,(H,10,11,12). The zero-order chi connectivity index (χ0) is 9.31. The van der Waals surface area contributed by atoms with Crippen LogP contribution in [-0.2, 0) is 5.41 Å². The van der Waals surface area contributed by atoms with Crippen LogP contribution in [0.2, 0.25) is 0 Å². The highest BCUT2D eigenvalue weighted by atomic mass is 32.1. The van der Waals surface area contributed by atoms with E-state index in [1.54, 1.807) is 0 Å². The third-order valence-electron chi connectivity index (χ3n) is 2.89. The lowest BCUT2D eigenvalue weighted by Gasteiger charge is -2.18. The number of aromatic nitrogens is 2. The first kappa shape index (κ1) is 8.94. The summed E-state index contributed by atoms with van der Waals surface area (Å²) in [4.78, 5) is 4.48. The molecular formula is C9H15N3S. The molecular weight excluding hydrogens is 182 g/mol. The topological polar surface area (TPSA) is 37.8 Å². The Morgan fingerprint density at radius 2 is 2.08 bits per heavy atom. The summed E-state index contributed by atoms with van der Waals surface area (Å²) in [6.45, 7) is 2.28. The van der Waals surface area contributed by atoms with Crippen molar-refractivity contribution in [3.05, 3.63) is 5.82 Å². The maximum Gasteiger partial charge on any atom is 0.202 e. The Hall–Kier alpha value is -0.640. The van der Waals surface area contributed by atoms with Crippen molar-refractivity contribution in [3.63, 3.8) is 0 Å². The maximum absolute atomic E-state index is 4.48. The van der Waals surface area contributed by atoms with Gasteiger partial charge in [-0.05, 0) is 12.8 Å². The van der Waals surface area contributed by atoms with Crippen molar-refractivity contribution in [2.24, 2.45) is 0 Å². The predicted octanol–water partition coefficient (Wildman–Crippen LogP) is 2.41. The van der Waals surface area contributed by atoms with Crippen LogP contribution in [0.4, 0.5) is 5.13 Å². The van der Waals surface area contributed by atoms with Gasteiger partial charge in [0.2, 0.25) is 5.13 Å². The molecule has 0 atom stereocenters. The summed E-state index contributed by atoms with van der Waals surface area (Å²) in [5, 5.41) is 3.97. The first-order valence-electron chi connectivity index (χ1n) is 4.76. The zero-order valence-corrected chi connectivity index (χ0v) is 8.95. The van der Waals surface area contributed by atoms with Crippen LogP contribution in [0.25, 0.3) is 0 Å². The highest BCUT2D eigenvalue weighted by Crippen LogP contribution is 2.39. The quantitative estimate of drug-likeness (QED) is 0.791. The molecule has 13 heavy (non-hydrogen) atoms. The molecule has 0 unspecified atom stereocenters. The SMILES string of the molecule is CNc1nc(C2(C)CCCC2)ns1. The fraction of sp³-hybridized carbons (Fsp3) is 0.778. The minimum absolute atomic E-state index is 0.256. The van der Waals surface area contributed by atoms with Crippen molar-refractivity contribution < 1.29 is 0 Å². The Bertz CT molecular complexity index is 289. The second kappa shape index (κ2) is 3.25. The number of nitrogens with zero attached hydrogens (tertiary/aromatic N) is 2. The lowest BCUT2D eigenvalue weighted by molar-refractivity contribution is 0.465. The Balaban J connectivity index is 2.23. The normalized spacial score (nSPS) is 20.5. The molecule has 0 bridgehead atoms. The van der Waals surface area contributed by atoms with E-state index in [9.17, 15) is 0 Å². The number of nitrogens with one attached hydrogen (secondary N) is 1. The summed E-state index contributed by atoms with van der Waals surface area (Å²) >= 11 is 1.46. The van der Waals surface area contributed by atoms with E-state index in [1.807, 2.05) is 7.05 Å². The van der Waals surface area contributed by atoms with Gasteiger partial charge < -0.3 is 5.32 Å². The first-order chi connectivity index (χ1) is 6.24. The van der Waals surface area contributed by atoms with Gasteiger partial charge in [0, 0.05) is 24.0 Å². The van der Waals surface area contributed by atoms with Gasteiger partial charge in [0.05, 0.1) is 0 Å². The van der Waals surface area contributed by atoms with Crippen molar-refractivity contribution in [3.8, 4) is 0 Å². The van der Waals surface area contributed by atoms with Crippen molar-refractivity contribution in [2.75, 3.05) is 12.4 Å². The number of hydrogen-bond donors (Lipinski definition) is 1. The summed E-state index contributed by atoms with van der Waals surface area (Å²) < 4.78 is 4.41. The Morgan fingerprint density at radius 3 is 2.62 bits per heavy atom. The highest BCUT2D eigenvalue weighted by Gasteiger charge is 2.34. The first-order valence-corrected chi connectivity index (χ1v) is 5.54. The molecule has 0 aliphatic heterocycles. The second-order valence-corrected chi connectivity index (χ2v) is 4.69. The molecule has 1 aliphatic carbocycles. The summed E-state index contributed by atoms with van der Waals surface area (Å²) in [6, 6.07) is 0. The lowest BCUT2D eigenvalue weighted by Crippen LogP contribution is -2.18. The molecule has 1 heterocycles. The van der Waals surface area contributed by atoms with Crippen LogP contribution in [0.1, 0.15) is 38.4 Å². The summed E-state index contributed by atoms with van der Waals surface area (Å²) in [7, 11) is 1.89. The minimum Gasteiger partial charge on any atom is -0.363 e. The van der Waals surface area contributed by atoms with E-state index in [0.29, 0.717) is 0 Å². The number of anilines is 1. The molecule has 72 valence electrons. The molecule has 4 heteroatoms. The van der Waals surface area contributed by atoms with Gasteiger partial charge in [-0.2, -0.15) is 4.37 Å². The molecule has 0 spiro atoms. The summed E-state index contributed by atoms with van der Waals surface area (Å²) in [5.74, 6) is 1.04. The van der Waals surface area contributed by atoms with E-state index in [4.69, 9.17) is 0 Å². The predicted molar refractivity (Wildman–Crippen MR) is 55.3 cm³/mol. The van der Waals surface area contributed by atoms with E-state index in [0.717, 1.165) is 11.0 Å². The number of hydrogen-bond acceptors (Lipinski definition) is 4. The van der Waals surface area contributed by atoms with Crippen molar-refractivity contribution in [1.82, 2.24) is 9.36 Å². The van der Waals surface area contributed by atoms with Crippen LogP contribution in [0.3, 0.4) is 0 Å². The molecule has 0 saturated heterocycles. The smallest absolute Gasteiger partial charge is 0.202 e. The van der Waals surface area contributed by atoms with Gasteiger partial charge in [0.15, 0.2) is 5.82 Å². The second-order valence-electron chi connectivity index (χ2n) is 3.94. The molecule has 1 N–H and O–H groups in total. The van der Waals surface area contributed by atoms with Gasteiger partial charge in [0.1, 0.15) is 0 Å². The largest absolute Gasteiger partial charge is 0.363 e. The molecule has 0 aromatic carbocycles. The molecule has 1 aliphatic rings. The zero-order valence-electron chi connectivity index (χ0n) is 8.13. The van der Waals surface area contributed by atoms with E-state index < -0.39 is 0 Å². The monoisotopic (exact) mass is 197 g/mol. The molecule has 2 rings (SSSR count). The molecule has 0 radical (unpaired) electrons. The van der Waals surface area contributed by atoms with E-state index >= 15 is 0 Å². The molecule has 0 amide bonds. The summed E-state index contributed by atoms with van der Waals surface area (Å²) in [5.41, 5.74) is 0.256. The third kappa shape index (κ3) is 1.55. The third-order valence-corrected chi connectivity index (χ3v) is 3.62. The summed E-state index contributed by atoms with van der Waals surface area (Å²) in [6.07, 6.45) is 5.13. The fourth-order valence-electron chi connectivity index (χ4n) is 1.95. The van der Waals surface area contributed by atoms with Crippen LogP contribution in [-0.4, -0.2) is 16.4 Å². The Labute approximate surface area is 82.8 Å².